The molecule has 0 aliphatic heterocycles. The number of rotatable bonds is 2. The van der Waals surface area contributed by atoms with E-state index in [9.17, 15) is 13.6 Å². The van der Waals surface area contributed by atoms with Gasteiger partial charge in [0.15, 0.2) is 11.6 Å². The molecule has 0 atom stereocenters. The average Bonchev–Trinajstić information content (AvgIpc) is 2.13. The fraction of sp³-hybridized carbons (Fsp3) is 0.100. The predicted molar refractivity (Wildman–Crippen MR) is 49.3 cm³/mol. The number of carbonyl (C=O) groups is 1. The fourth-order valence-corrected chi connectivity index (χ4v) is 0.962. The summed E-state index contributed by atoms with van der Waals surface area (Å²) in [6.45, 7) is 1.46. The lowest BCUT2D eigenvalue weighted by Gasteiger charge is -2.00. The van der Waals surface area contributed by atoms with Crippen LogP contribution in [0.25, 0.3) is 6.08 Å². The first-order chi connectivity index (χ1) is 6.52. The molecule has 0 fully saturated rings. The van der Waals surface area contributed by atoms with Gasteiger partial charge in [0.05, 0.1) is 0 Å². The van der Waals surface area contributed by atoms with Crippen LogP contribution >= 0.6 is 0 Å². The van der Waals surface area contributed by atoms with Crippen LogP contribution in [0.3, 0.4) is 0 Å². The minimum atomic E-state index is -0.970. The predicted octanol–water partition coefficient (Wildman–Crippen LogP) is 1.77. The van der Waals surface area contributed by atoms with Gasteiger partial charge in [-0.25, -0.2) is 8.78 Å². The normalized spacial score (nSPS) is 10.8. The van der Waals surface area contributed by atoms with Gasteiger partial charge in [0.2, 0.25) is 5.91 Å². The number of halogens is 2. The third-order valence-electron chi connectivity index (χ3n) is 1.73. The molecule has 0 spiro atoms. The first-order valence-corrected chi connectivity index (χ1v) is 3.94. The smallest absolute Gasteiger partial charge is 0.241 e. The van der Waals surface area contributed by atoms with Crippen molar-refractivity contribution in [1.82, 2.24) is 0 Å². The molecule has 4 heteroatoms. The summed E-state index contributed by atoms with van der Waals surface area (Å²) < 4.78 is 26.1. The number of primary amides is 1. The summed E-state index contributed by atoms with van der Waals surface area (Å²) in [5.41, 5.74) is 5.04. The third-order valence-corrected chi connectivity index (χ3v) is 1.73. The molecule has 0 saturated heterocycles. The van der Waals surface area contributed by atoms with Crippen molar-refractivity contribution in [3.63, 3.8) is 0 Å². The van der Waals surface area contributed by atoms with Gasteiger partial charge in [0.25, 0.3) is 0 Å². The standard InChI is InChI=1S/C10H9F2NO/c1-6-2-3-7(4-5-8(13)14)10(12)9(6)11/h2-5H,1H3,(H2,13,14)/b5-4+. The molecule has 0 radical (unpaired) electrons. The van der Waals surface area contributed by atoms with E-state index in [4.69, 9.17) is 5.73 Å². The second kappa shape index (κ2) is 4.00. The molecule has 1 rings (SSSR count). The van der Waals surface area contributed by atoms with Gasteiger partial charge in [-0.3, -0.25) is 4.79 Å². The zero-order chi connectivity index (χ0) is 10.7. The van der Waals surface area contributed by atoms with E-state index in [1.807, 2.05) is 0 Å². The maximum absolute atomic E-state index is 13.1. The number of benzene rings is 1. The number of hydrogen-bond acceptors (Lipinski definition) is 1. The highest BCUT2D eigenvalue weighted by atomic mass is 19.2. The molecule has 0 aliphatic rings. The van der Waals surface area contributed by atoms with E-state index in [1.54, 1.807) is 0 Å². The SMILES string of the molecule is Cc1ccc(/C=C/C(N)=O)c(F)c1F. The van der Waals surface area contributed by atoms with Gasteiger partial charge in [-0.05, 0) is 18.6 Å². The number of aryl methyl sites for hydroxylation is 1. The van der Waals surface area contributed by atoms with Crippen molar-refractivity contribution in [2.45, 2.75) is 6.92 Å². The lowest BCUT2D eigenvalue weighted by Crippen LogP contribution is -2.05. The highest BCUT2D eigenvalue weighted by Gasteiger charge is 2.08. The largest absolute Gasteiger partial charge is 0.366 e. The quantitative estimate of drug-likeness (QED) is 0.721. The Bertz CT molecular complexity index is 399. The van der Waals surface area contributed by atoms with Crippen LogP contribution in [0.4, 0.5) is 8.78 Å². The first kappa shape index (κ1) is 10.4. The van der Waals surface area contributed by atoms with Crippen LogP contribution in [0.5, 0.6) is 0 Å². The van der Waals surface area contributed by atoms with Crippen LogP contribution in [0.2, 0.25) is 0 Å². The molecule has 0 heterocycles. The summed E-state index contributed by atoms with van der Waals surface area (Å²) >= 11 is 0. The molecule has 0 aromatic heterocycles. The first-order valence-electron chi connectivity index (χ1n) is 3.94. The Morgan fingerprint density at radius 1 is 1.36 bits per heavy atom. The Morgan fingerprint density at radius 3 is 2.57 bits per heavy atom. The van der Waals surface area contributed by atoms with Gasteiger partial charge in [0.1, 0.15) is 0 Å². The van der Waals surface area contributed by atoms with Gasteiger partial charge in [-0.1, -0.05) is 12.1 Å². The highest BCUT2D eigenvalue weighted by Crippen LogP contribution is 2.16. The molecular formula is C10H9F2NO. The Morgan fingerprint density at radius 2 is 2.00 bits per heavy atom. The topological polar surface area (TPSA) is 43.1 Å². The molecule has 1 aromatic rings. The number of nitrogens with two attached hydrogens (primary N) is 1. The molecule has 74 valence electrons. The molecule has 0 saturated carbocycles. The van der Waals surface area contributed by atoms with Crippen LogP contribution < -0.4 is 5.73 Å². The van der Waals surface area contributed by atoms with E-state index in [1.165, 1.54) is 19.1 Å². The van der Waals surface area contributed by atoms with Crippen molar-refractivity contribution in [2.75, 3.05) is 0 Å². The van der Waals surface area contributed by atoms with Crippen molar-refractivity contribution in [3.05, 3.63) is 41.0 Å². The van der Waals surface area contributed by atoms with E-state index in [0.29, 0.717) is 0 Å². The van der Waals surface area contributed by atoms with Crippen LogP contribution in [0.1, 0.15) is 11.1 Å². The van der Waals surface area contributed by atoms with E-state index >= 15 is 0 Å². The Hall–Kier alpha value is -1.71. The van der Waals surface area contributed by atoms with Crippen LogP contribution in [0, 0.1) is 18.6 Å². The summed E-state index contributed by atoms with van der Waals surface area (Å²) in [5, 5.41) is 0. The van der Waals surface area contributed by atoms with Gasteiger partial charge < -0.3 is 5.73 Å². The summed E-state index contributed by atoms with van der Waals surface area (Å²) in [7, 11) is 0. The van der Waals surface area contributed by atoms with Crippen molar-refractivity contribution in [1.29, 1.82) is 0 Å². The van der Waals surface area contributed by atoms with E-state index in [0.717, 1.165) is 12.2 Å². The Kier molecular flexibility index (Phi) is 2.96. The lowest BCUT2D eigenvalue weighted by atomic mass is 10.1. The van der Waals surface area contributed by atoms with Crippen molar-refractivity contribution >= 4 is 12.0 Å². The fourth-order valence-electron chi connectivity index (χ4n) is 0.962. The maximum atomic E-state index is 13.1. The van der Waals surface area contributed by atoms with Crippen molar-refractivity contribution < 1.29 is 13.6 Å². The molecule has 2 N–H and O–H groups in total. The monoisotopic (exact) mass is 197 g/mol. The summed E-state index contributed by atoms with van der Waals surface area (Å²) in [6, 6.07) is 2.81. The van der Waals surface area contributed by atoms with Gasteiger partial charge in [-0.15, -0.1) is 0 Å². The maximum Gasteiger partial charge on any atom is 0.241 e. The van der Waals surface area contributed by atoms with Crippen molar-refractivity contribution in [2.24, 2.45) is 5.73 Å². The number of hydrogen-bond donors (Lipinski definition) is 1. The third kappa shape index (κ3) is 2.16. The number of carbonyl (C=O) groups excluding carboxylic acids is 1. The van der Waals surface area contributed by atoms with Crippen LogP contribution in [0.15, 0.2) is 18.2 Å². The zero-order valence-corrected chi connectivity index (χ0v) is 7.55. The highest BCUT2D eigenvalue weighted by molar-refractivity contribution is 5.90. The van der Waals surface area contributed by atoms with Crippen LogP contribution in [-0.4, -0.2) is 5.91 Å². The summed E-state index contributed by atoms with van der Waals surface area (Å²) in [5.74, 6) is -2.58. The average molecular weight is 197 g/mol. The van der Waals surface area contributed by atoms with Gasteiger partial charge in [0, 0.05) is 11.6 Å². The second-order valence-corrected chi connectivity index (χ2v) is 2.84. The molecule has 0 aliphatic carbocycles. The molecule has 14 heavy (non-hydrogen) atoms. The Balaban J connectivity index is 3.12. The zero-order valence-electron chi connectivity index (χ0n) is 7.55. The molecule has 1 amide bonds. The molecule has 1 aromatic carbocycles. The minimum absolute atomic E-state index is 0.00639. The second-order valence-electron chi connectivity index (χ2n) is 2.84. The van der Waals surface area contributed by atoms with Crippen LogP contribution in [-0.2, 0) is 4.79 Å². The Labute approximate surface area is 80.0 Å². The minimum Gasteiger partial charge on any atom is -0.366 e. The van der Waals surface area contributed by atoms with Gasteiger partial charge in [-0.2, -0.15) is 0 Å². The molecular weight excluding hydrogens is 188 g/mol. The molecule has 0 unspecified atom stereocenters. The summed E-state index contributed by atoms with van der Waals surface area (Å²) in [6.07, 6.45) is 2.12. The van der Waals surface area contributed by atoms with E-state index < -0.39 is 17.5 Å². The number of amides is 1. The lowest BCUT2D eigenvalue weighted by molar-refractivity contribution is -0.113. The molecule has 0 bridgehead atoms. The van der Waals surface area contributed by atoms with Gasteiger partial charge >= 0.3 is 0 Å². The van der Waals surface area contributed by atoms with E-state index in [2.05, 4.69) is 0 Å². The summed E-state index contributed by atoms with van der Waals surface area (Å²) in [4.78, 5) is 10.4. The molecule has 2 nitrogen and oxygen atoms in total. The van der Waals surface area contributed by atoms with E-state index in [-0.39, 0.29) is 11.1 Å². The van der Waals surface area contributed by atoms with Crippen molar-refractivity contribution in [3.8, 4) is 0 Å².